The highest BCUT2D eigenvalue weighted by molar-refractivity contribution is 5.91. The first kappa shape index (κ1) is 38.5. The summed E-state index contributed by atoms with van der Waals surface area (Å²) in [6, 6.07) is 79.4. The predicted molar refractivity (Wildman–Crippen MR) is 270 cm³/mol. The molecule has 9 aromatic carbocycles. The molecule has 0 bridgehead atoms. The maximum Gasteiger partial charge on any atom is 0.0465 e. The molecule has 0 saturated heterocycles. The van der Waals surface area contributed by atoms with Crippen molar-refractivity contribution in [1.82, 2.24) is 0 Å². The molecule has 0 unspecified atom stereocenters. The van der Waals surface area contributed by atoms with Crippen LogP contribution in [-0.4, -0.2) is 0 Å². The van der Waals surface area contributed by atoms with Crippen LogP contribution in [0.3, 0.4) is 0 Å². The third-order valence-corrected chi connectivity index (χ3v) is 14.9. The van der Waals surface area contributed by atoms with Crippen molar-refractivity contribution in [3.63, 3.8) is 0 Å². The van der Waals surface area contributed by atoms with Crippen LogP contribution in [0.15, 0.2) is 212 Å². The monoisotopic (exact) mass is 821 g/mol. The zero-order chi connectivity index (χ0) is 42.8. The number of nitrogens with zero attached hydrogens (tertiary/aromatic N) is 1. The Morgan fingerprint density at radius 3 is 1.39 bits per heavy atom. The standard InChI is InChI=1S/C63H51N/c1-62(2)58-24-11-9-21-55(58)57-23-15-22-53(61(57)62)47-32-36-49(37-33-47)64(50-38-39-56-54-20-10-12-25-59(54)63(60(56)42-50)40-13-4-14-41-63)48-34-30-46(31-35-48)52-19-8-7-18-51(52)45-28-26-44(27-29-45)43-16-5-3-6-17-43/h3,5-12,15-39,42H,4,13-14,40-41H2,1-2H3. The first-order valence-electron chi connectivity index (χ1n) is 23.2. The van der Waals surface area contributed by atoms with Crippen LogP contribution < -0.4 is 4.90 Å². The Morgan fingerprint density at radius 1 is 0.312 bits per heavy atom. The van der Waals surface area contributed by atoms with Crippen molar-refractivity contribution in [2.24, 2.45) is 0 Å². The minimum absolute atomic E-state index is 0.0701. The van der Waals surface area contributed by atoms with Crippen molar-refractivity contribution in [3.8, 4) is 66.8 Å². The van der Waals surface area contributed by atoms with E-state index in [9.17, 15) is 0 Å². The molecule has 1 saturated carbocycles. The lowest BCUT2D eigenvalue weighted by molar-refractivity contribution is 0.353. The second-order valence-electron chi connectivity index (χ2n) is 18.7. The van der Waals surface area contributed by atoms with E-state index in [1.54, 1.807) is 0 Å². The summed E-state index contributed by atoms with van der Waals surface area (Å²) >= 11 is 0. The second-order valence-corrected chi connectivity index (χ2v) is 18.7. The number of rotatable bonds is 7. The molecule has 1 heteroatoms. The van der Waals surface area contributed by atoms with Crippen LogP contribution in [0.5, 0.6) is 0 Å². The first-order valence-corrected chi connectivity index (χ1v) is 23.2. The van der Waals surface area contributed by atoms with E-state index in [1.807, 2.05) is 0 Å². The molecular weight excluding hydrogens is 771 g/mol. The molecule has 9 aromatic rings. The maximum atomic E-state index is 2.54. The number of hydrogen-bond acceptors (Lipinski definition) is 1. The fraction of sp³-hybridized carbons (Fsp3) is 0.143. The summed E-state index contributed by atoms with van der Waals surface area (Å²) in [5, 5.41) is 0. The topological polar surface area (TPSA) is 3.24 Å². The van der Waals surface area contributed by atoms with Gasteiger partial charge in [0.1, 0.15) is 0 Å². The van der Waals surface area contributed by atoms with Crippen LogP contribution in [0.25, 0.3) is 66.8 Å². The Morgan fingerprint density at radius 2 is 0.750 bits per heavy atom. The van der Waals surface area contributed by atoms with Crippen LogP contribution in [0.2, 0.25) is 0 Å². The minimum atomic E-state index is -0.0870. The number of anilines is 3. The van der Waals surface area contributed by atoms with Crippen molar-refractivity contribution in [1.29, 1.82) is 0 Å². The molecule has 0 heterocycles. The minimum Gasteiger partial charge on any atom is -0.310 e. The molecule has 1 nitrogen and oxygen atoms in total. The highest BCUT2D eigenvalue weighted by Crippen LogP contribution is 2.57. The molecular formula is C63H51N. The summed E-state index contributed by atoms with van der Waals surface area (Å²) in [6.45, 7) is 4.76. The van der Waals surface area contributed by atoms with Gasteiger partial charge < -0.3 is 4.90 Å². The van der Waals surface area contributed by atoms with E-state index in [2.05, 4.69) is 231 Å². The van der Waals surface area contributed by atoms with Gasteiger partial charge in [0.05, 0.1) is 0 Å². The zero-order valence-electron chi connectivity index (χ0n) is 36.7. The Hall–Kier alpha value is -7.22. The smallest absolute Gasteiger partial charge is 0.0465 e. The SMILES string of the molecule is CC1(C)c2ccccc2-c2cccc(-c3ccc(N(c4ccc(-c5ccccc5-c5ccc(-c6ccccc6)cc5)cc4)c4ccc5c(c4)C4(CCCCC4)c4ccccc4-5)cc3)c21. The van der Waals surface area contributed by atoms with E-state index in [-0.39, 0.29) is 10.8 Å². The second kappa shape index (κ2) is 15.2. The highest BCUT2D eigenvalue weighted by atomic mass is 15.1. The molecule has 1 fully saturated rings. The average Bonchev–Trinajstić information content (AvgIpc) is 3.76. The number of benzene rings is 9. The molecule has 0 aromatic heterocycles. The molecule has 0 amide bonds. The third-order valence-electron chi connectivity index (χ3n) is 14.9. The van der Waals surface area contributed by atoms with Gasteiger partial charge in [-0.05, 0) is 138 Å². The fourth-order valence-electron chi connectivity index (χ4n) is 11.9. The summed E-state index contributed by atoms with van der Waals surface area (Å²) in [5.41, 5.74) is 24.8. The van der Waals surface area contributed by atoms with Crippen molar-refractivity contribution in [3.05, 3.63) is 235 Å². The summed E-state index contributed by atoms with van der Waals surface area (Å²) in [5.74, 6) is 0. The van der Waals surface area contributed by atoms with Gasteiger partial charge in [-0.25, -0.2) is 0 Å². The molecule has 12 rings (SSSR count). The zero-order valence-corrected chi connectivity index (χ0v) is 36.7. The molecule has 1 spiro atoms. The summed E-state index contributed by atoms with van der Waals surface area (Å²) in [6.07, 6.45) is 6.28. The van der Waals surface area contributed by atoms with Gasteiger partial charge >= 0.3 is 0 Å². The predicted octanol–water partition coefficient (Wildman–Crippen LogP) is 17.4. The van der Waals surface area contributed by atoms with Crippen LogP contribution in [0.4, 0.5) is 17.1 Å². The molecule has 3 aliphatic rings. The van der Waals surface area contributed by atoms with Gasteiger partial charge in [-0.2, -0.15) is 0 Å². The van der Waals surface area contributed by atoms with Gasteiger partial charge in [-0.1, -0.05) is 209 Å². The Kier molecular flexibility index (Phi) is 9.16. The number of fused-ring (bicyclic) bond motifs is 8. The summed E-state index contributed by atoms with van der Waals surface area (Å²) in [4.78, 5) is 2.48. The molecule has 3 aliphatic carbocycles. The van der Waals surface area contributed by atoms with Gasteiger partial charge in [0.2, 0.25) is 0 Å². The summed E-state index contributed by atoms with van der Waals surface area (Å²) in [7, 11) is 0. The van der Waals surface area contributed by atoms with E-state index in [1.165, 1.54) is 127 Å². The molecule has 308 valence electrons. The summed E-state index contributed by atoms with van der Waals surface area (Å²) < 4.78 is 0. The van der Waals surface area contributed by atoms with Crippen LogP contribution in [-0.2, 0) is 10.8 Å². The van der Waals surface area contributed by atoms with Gasteiger partial charge in [-0.15, -0.1) is 0 Å². The van der Waals surface area contributed by atoms with Crippen molar-refractivity contribution in [2.45, 2.75) is 56.8 Å². The largest absolute Gasteiger partial charge is 0.310 e. The van der Waals surface area contributed by atoms with Gasteiger partial charge in [-0.3, -0.25) is 0 Å². The Bertz CT molecular complexity index is 3180. The van der Waals surface area contributed by atoms with E-state index < -0.39 is 0 Å². The van der Waals surface area contributed by atoms with Crippen LogP contribution >= 0.6 is 0 Å². The van der Waals surface area contributed by atoms with E-state index in [0.717, 1.165) is 11.4 Å². The van der Waals surface area contributed by atoms with E-state index in [4.69, 9.17) is 0 Å². The van der Waals surface area contributed by atoms with Crippen LogP contribution in [0.1, 0.15) is 68.2 Å². The first-order chi connectivity index (χ1) is 31.5. The Labute approximate surface area is 378 Å². The van der Waals surface area contributed by atoms with Crippen molar-refractivity contribution >= 4 is 17.1 Å². The lowest BCUT2D eigenvalue weighted by Gasteiger charge is -2.36. The normalized spacial score (nSPS) is 15.0. The molecule has 0 radical (unpaired) electrons. The maximum absolute atomic E-state index is 2.54. The van der Waals surface area contributed by atoms with Gasteiger partial charge in [0.25, 0.3) is 0 Å². The molecule has 0 aliphatic heterocycles. The van der Waals surface area contributed by atoms with Gasteiger partial charge in [0, 0.05) is 27.9 Å². The van der Waals surface area contributed by atoms with Gasteiger partial charge in [0.15, 0.2) is 0 Å². The van der Waals surface area contributed by atoms with Crippen LogP contribution in [0, 0.1) is 0 Å². The highest BCUT2D eigenvalue weighted by Gasteiger charge is 2.44. The lowest BCUT2D eigenvalue weighted by atomic mass is 9.68. The van der Waals surface area contributed by atoms with E-state index >= 15 is 0 Å². The molecule has 64 heavy (non-hydrogen) atoms. The Balaban J connectivity index is 0.952. The number of hydrogen-bond donors (Lipinski definition) is 0. The van der Waals surface area contributed by atoms with Crippen molar-refractivity contribution in [2.75, 3.05) is 4.90 Å². The van der Waals surface area contributed by atoms with E-state index in [0.29, 0.717) is 0 Å². The molecule has 0 atom stereocenters. The fourth-order valence-corrected chi connectivity index (χ4v) is 11.9. The quantitative estimate of drug-likeness (QED) is 0.155. The molecule has 0 N–H and O–H groups in total. The average molecular weight is 822 g/mol. The third kappa shape index (κ3) is 6.13. The lowest BCUT2D eigenvalue weighted by Crippen LogP contribution is -2.28. The van der Waals surface area contributed by atoms with Crippen molar-refractivity contribution < 1.29 is 0 Å².